The van der Waals surface area contributed by atoms with Crippen LogP contribution in [0.25, 0.3) is 0 Å². The van der Waals surface area contributed by atoms with E-state index in [9.17, 15) is 13.2 Å². The normalized spacial score (nSPS) is 18.2. The summed E-state index contributed by atoms with van der Waals surface area (Å²) in [6.07, 6.45) is 3.99. The number of aliphatic hydroxyl groups is 1. The van der Waals surface area contributed by atoms with Gasteiger partial charge < -0.3 is 10.2 Å². The fraction of sp³-hybridized carbons (Fsp3) is 0.917. The van der Waals surface area contributed by atoms with E-state index in [2.05, 4.69) is 4.72 Å². The van der Waals surface area contributed by atoms with Crippen LogP contribution in [0, 0.1) is 5.92 Å². The Morgan fingerprint density at radius 2 is 1.75 bits per heavy atom. The first-order valence-corrected chi connectivity index (χ1v) is 8.50. The Hall–Kier alpha value is -0.700. The second kappa shape index (κ2) is 8.56. The molecule has 20 heavy (non-hydrogen) atoms. The van der Waals surface area contributed by atoms with E-state index in [0.717, 1.165) is 25.7 Å². The number of nitrogens with zero attached hydrogens (tertiary/aromatic N) is 1. The average molecular weight is 308 g/mol. The zero-order valence-corrected chi connectivity index (χ0v) is 12.4. The van der Waals surface area contributed by atoms with Crippen molar-refractivity contribution in [2.24, 2.45) is 5.92 Å². The van der Waals surface area contributed by atoms with Gasteiger partial charge in [0.25, 0.3) is 10.2 Å². The van der Waals surface area contributed by atoms with Crippen LogP contribution in [0.5, 0.6) is 0 Å². The SMILES string of the molecule is O=C(O)C1CCN(S(=O)(=O)NCCCCCCO)CC1. The van der Waals surface area contributed by atoms with E-state index in [-0.39, 0.29) is 19.7 Å². The molecule has 8 heteroatoms. The van der Waals surface area contributed by atoms with Gasteiger partial charge in [-0.15, -0.1) is 0 Å². The second-order valence-electron chi connectivity index (χ2n) is 5.05. The monoisotopic (exact) mass is 308 g/mol. The summed E-state index contributed by atoms with van der Waals surface area (Å²) in [4.78, 5) is 10.8. The first kappa shape index (κ1) is 17.4. The van der Waals surface area contributed by atoms with E-state index in [4.69, 9.17) is 10.2 Å². The van der Waals surface area contributed by atoms with Crippen LogP contribution in [0.15, 0.2) is 0 Å². The Labute approximate surface area is 120 Å². The van der Waals surface area contributed by atoms with Crippen molar-refractivity contribution in [3.05, 3.63) is 0 Å². The van der Waals surface area contributed by atoms with Crippen LogP contribution in [-0.4, -0.2) is 55.1 Å². The number of nitrogens with one attached hydrogen (secondary N) is 1. The van der Waals surface area contributed by atoms with Gasteiger partial charge in [0.1, 0.15) is 0 Å². The maximum absolute atomic E-state index is 12.0. The smallest absolute Gasteiger partial charge is 0.306 e. The molecule has 0 unspecified atom stereocenters. The number of carboxylic acids is 1. The summed E-state index contributed by atoms with van der Waals surface area (Å²) in [5.41, 5.74) is 0. The van der Waals surface area contributed by atoms with Crippen LogP contribution in [-0.2, 0) is 15.0 Å². The van der Waals surface area contributed by atoms with Crippen molar-refractivity contribution >= 4 is 16.2 Å². The highest BCUT2D eigenvalue weighted by molar-refractivity contribution is 7.87. The number of carboxylic acid groups (broad SMARTS) is 1. The highest BCUT2D eigenvalue weighted by Gasteiger charge is 2.30. The molecule has 1 saturated heterocycles. The summed E-state index contributed by atoms with van der Waals surface area (Å²) in [6, 6.07) is 0. The molecule has 0 aromatic carbocycles. The van der Waals surface area contributed by atoms with Crippen LogP contribution < -0.4 is 4.72 Å². The third-order valence-corrected chi connectivity index (χ3v) is 5.13. The first-order chi connectivity index (χ1) is 9.47. The van der Waals surface area contributed by atoms with Gasteiger partial charge in [-0.2, -0.15) is 12.7 Å². The van der Waals surface area contributed by atoms with E-state index in [1.165, 1.54) is 4.31 Å². The maximum Gasteiger partial charge on any atom is 0.306 e. The van der Waals surface area contributed by atoms with Crippen molar-refractivity contribution in [2.75, 3.05) is 26.2 Å². The lowest BCUT2D eigenvalue weighted by Crippen LogP contribution is -2.46. The number of rotatable bonds is 9. The third kappa shape index (κ3) is 5.74. The van der Waals surface area contributed by atoms with Crippen molar-refractivity contribution in [3.63, 3.8) is 0 Å². The Morgan fingerprint density at radius 1 is 1.15 bits per heavy atom. The second-order valence-corrected chi connectivity index (χ2v) is 6.80. The highest BCUT2D eigenvalue weighted by Crippen LogP contribution is 2.19. The number of carbonyl (C=O) groups is 1. The van der Waals surface area contributed by atoms with Gasteiger partial charge in [0.2, 0.25) is 0 Å². The molecular formula is C12H24N2O5S. The van der Waals surface area contributed by atoms with E-state index >= 15 is 0 Å². The standard InChI is InChI=1S/C12H24N2O5S/c15-10-4-2-1-3-7-13-20(18,19)14-8-5-11(6-9-14)12(16)17/h11,13,15H,1-10H2,(H,16,17). The van der Waals surface area contributed by atoms with Crippen LogP contribution in [0.3, 0.4) is 0 Å². The molecule has 0 aromatic heterocycles. The van der Waals surface area contributed by atoms with Gasteiger partial charge in [0, 0.05) is 26.2 Å². The van der Waals surface area contributed by atoms with Gasteiger partial charge in [-0.3, -0.25) is 4.79 Å². The lowest BCUT2D eigenvalue weighted by Gasteiger charge is -2.29. The van der Waals surface area contributed by atoms with Crippen molar-refractivity contribution in [3.8, 4) is 0 Å². The predicted molar refractivity (Wildman–Crippen MR) is 74.4 cm³/mol. The predicted octanol–water partition coefficient (Wildman–Crippen LogP) is 0.170. The minimum Gasteiger partial charge on any atom is -0.481 e. The Kier molecular flexibility index (Phi) is 7.42. The molecule has 1 fully saturated rings. The van der Waals surface area contributed by atoms with Gasteiger partial charge in [0.05, 0.1) is 5.92 Å². The quantitative estimate of drug-likeness (QED) is 0.526. The molecule has 1 rings (SSSR count). The Morgan fingerprint density at radius 3 is 2.30 bits per heavy atom. The molecule has 0 spiro atoms. The zero-order valence-electron chi connectivity index (χ0n) is 11.6. The number of piperidine rings is 1. The summed E-state index contributed by atoms with van der Waals surface area (Å²) in [7, 11) is -3.48. The molecule has 0 atom stereocenters. The summed E-state index contributed by atoms with van der Waals surface area (Å²) < 4.78 is 27.8. The lowest BCUT2D eigenvalue weighted by atomic mass is 9.99. The Bertz CT molecular complexity index is 391. The fourth-order valence-corrected chi connectivity index (χ4v) is 3.50. The third-order valence-electron chi connectivity index (χ3n) is 3.51. The van der Waals surface area contributed by atoms with Crippen molar-refractivity contribution in [1.82, 2.24) is 9.03 Å². The highest BCUT2D eigenvalue weighted by atomic mass is 32.2. The zero-order chi connectivity index (χ0) is 15.0. The maximum atomic E-state index is 12.0. The first-order valence-electron chi connectivity index (χ1n) is 7.06. The number of aliphatic hydroxyl groups excluding tert-OH is 1. The molecule has 1 aliphatic rings. The molecule has 0 radical (unpaired) electrons. The Balaban J connectivity index is 2.26. The lowest BCUT2D eigenvalue weighted by molar-refractivity contribution is -0.142. The molecular weight excluding hydrogens is 284 g/mol. The number of hydrogen-bond acceptors (Lipinski definition) is 4. The molecule has 7 nitrogen and oxygen atoms in total. The van der Waals surface area contributed by atoms with Crippen molar-refractivity contribution in [1.29, 1.82) is 0 Å². The largest absolute Gasteiger partial charge is 0.481 e. The molecule has 1 aliphatic heterocycles. The van der Waals surface area contributed by atoms with Gasteiger partial charge in [-0.25, -0.2) is 4.72 Å². The average Bonchev–Trinajstić information content (AvgIpc) is 2.43. The van der Waals surface area contributed by atoms with Crippen LogP contribution in [0.2, 0.25) is 0 Å². The minimum absolute atomic E-state index is 0.171. The summed E-state index contributed by atoms with van der Waals surface area (Å²) >= 11 is 0. The minimum atomic E-state index is -3.48. The molecule has 3 N–H and O–H groups in total. The molecule has 0 saturated carbocycles. The number of unbranched alkanes of at least 4 members (excludes halogenated alkanes) is 3. The van der Waals surface area contributed by atoms with Crippen LogP contribution in [0.4, 0.5) is 0 Å². The van der Waals surface area contributed by atoms with Gasteiger partial charge in [0.15, 0.2) is 0 Å². The molecule has 0 amide bonds. The molecule has 118 valence electrons. The summed E-state index contributed by atoms with van der Waals surface area (Å²) in [5, 5.41) is 17.5. The van der Waals surface area contributed by atoms with Crippen LogP contribution >= 0.6 is 0 Å². The van der Waals surface area contributed by atoms with Gasteiger partial charge in [-0.05, 0) is 25.7 Å². The molecule has 0 aromatic rings. The summed E-state index contributed by atoms with van der Waals surface area (Å²) in [5.74, 6) is -1.28. The van der Waals surface area contributed by atoms with Crippen molar-refractivity contribution < 1.29 is 23.4 Å². The number of hydrogen-bond donors (Lipinski definition) is 3. The van der Waals surface area contributed by atoms with Gasteiger partial charge in [-0.1, -0.05) is 12.8 Å². The van der Waals surface area contributed by atoms with Crippen molar-refractivity contribution in [2.45, 2.75) is 38.5 Å². The number of aliphatic carboxylic acids is 1. The topological polar surface area (TPSA) is 107 Å². The van der Waals surface area contributed by atoms with E-state index < -0.39 is 22.1 Å². The van der Waals surface area contributed by atoms with E-state index in [1.807, 2.05) is 0 Å². The van der Waals surface area contributed by atoms with Gasteiger partial charge >= 0.3 is 5.97 Å². The summed E-state index contributed by atoms with van der Waals surface area (Å²) in [6.45, 7) is 1.07. The molecule has 0 aliphatic carbocycles. The fourth-order valence-electron chi connectivity index (χ4n) is 2.23. The van der Waals surface area contributed by atoms with E-state index in [0.29, 0.717) is 19.4 Å². The van der Waals surface area contributed by atoms with Crippen LogP contribution in [0.1, 0.15) is 38.5 Å². The molecule has 1 heterocycles. The molecule has 0 bridgehead atoms. The van der Waals surface area contributed by atoms with E-state index in [1.54, 1.807) is 0 Å².